The van der Waals surface area contributed by atoms with Crippen molar-refractivity contribution in [3.05, 3.63) is 59.9 Å². The Morgan fingerprint density at radius 3 is 2.37 bits per heavy atom. The summed E-state index contributed by atoms with van der Waals surface area (Å²) in [6.45, 7) is 6.55. The normalized spacial score (nSPS) is 11.0. The van der Waals surface area contributed by atoms with Gasteiger partial charge in [0.2, 0.25) is 5.82 Å². The van der Waals surface area contributed by atoms with Gasteiger partial charge in [-0.15, -0.1) is 10.2 Å². The van der Waals surface area contributed by atoms with E-state index in [1.54, 1.807) is 17.0 Å². The summed E-state index contributed by atoms with van der Waals surface area (Å²) in [6.07, 6.45) is 0. The third-order valence-corrected chi connectivity index (χ3v) is 4.32. The average Bonchev–Trinajstić information content (AvgIpc) is 3.12. The van der Waals surface area contributed by atoms with Crippen LogP contribution in [0.15, 0.2) is 48.5 Å². The number of hydrogen-bond donors (Lipinski definition) is 0. The van der Waals surface area contributed by atoms with Gasteiger partial charge in [0.05, 0.1) is 0 Å². The Morgan fingerprint density at radius 2 is 1.78 bits per heavy atom. The fourth-order valence-corrected chi connectivity index (χ4v) is 2.77. The van der Waals surface area contributed by atoms with Crippen molar-refractivity contribution in [2.24, 2.45) is 0 Å². The maximum atomic E-state index is 13.1. The minimum absolute atomic E-state index is 0.0394. The number of halogens is 1. The van der Waals surface area contributed by atoms with Gasteiger partial charge >= 0.3 is 0 Å². The summed E-state index contributed by atoms with van der Waals surface area (Å²) in [5, 5.41) is 12.3. The monoisotopic (exact) mass is 367 g/mol. The number of benzene rings is 2. The Morgan fingerprint density at radius 1 is 1.11 bits per heavy atom. The van der Waals surface area contributed by atoms with Crippen molar-refractivity contribution < 1.29 is 9.18 Å². The number of nitrogens with zero attached hydrogens (tertiary/aromatic N) is 5. The fraction of sp³-hybridized carbons (Fsp3) is 0.300. The smallest absolute Gasteiger partial charge is 0.250 e. The molecule has 0 aliphatic carbocycles. The Kier molecular flexibility index (Phi) is 5.59. The van der Waals surface area contributed by atoms with Gasteiger partial charge in [0.1, 0.15) is 12.4 Å². The van der Waals surface area contributed by atoms with E-state index in [0.29, 0.717) is 24.0 Å². The van der Waals surface area contributed by atoms with Gasteiger partial charge in [-0.2, -0.15) is 4.80 Å². The summed E-state index contributed by atoms with van der Waals surface area (Å²) < 4.78 is 13.1. The predicted molar refractivity (Wildman–Crippen MR) is 102 cm³/mol. The quantitative estimate of drug-likeness (QED) is 0.667. The molecule has 0 radical (unpaired) electrons. The highest BCUT2D eigenvalue weighted by Crippen LogP contribution is 2.19. The second-order valence-corrected chi connectivity index (χ2v) is 6.53. The zero-order valence-corrected chi connectivity index (χ0v) is 15.6. The number of aromatic nitrogens is 4. The summed E-state index contributed by atoms with van der Waals surface area (Å²) in [4.78, 5) is 15.4. The molecule has 1 heterocycles. The lowest BCUT2D eigenvalue weighted by Gasteiger charge is -2.20. The number of carbonyl (C=O) groups excluding carboxylic acids is 1. The number of hydrogen-bond acceptors (Lipinski definition) is 4. The molecule has 1 amide bonds. The molecule has 0 aliphatic rings. The highest BCUT2D eigenvalue weighted by Gasteiger charge is 2.16. The maximum Gasteiger partial charge on any atom is 0.250 e. The number of rotatable bonds is 6. The molecule has 3 aromatic rings. The standard InChI is InChI=1S/C20H22FN5O/c1-4-25(18-11-9-17(21)10-12-18)19(27)13-26-23-20(22-24-26)16-7-5-15(6-8-16)14(2)3/h5-12,14H,4,13H2,1-3H3. The summed E-state index contributed by atoms with van der Waals surface area (Å²) in [5.74, 6) is 0.395. The van der Waals surface area contributed by atoms with Gasteiger partial charge in [0.15, 0.2) is 0 Å². The molecule has 0 saturated heterocycles. The second-order valence-electron chi connectivity index (χ2n) is 6.53. The van der Waals surface area contributed by atoms with Crippen molar-refractivity contribution in [3.8, 4) is 11.4 Å². The minimum Gasteiger partial charge on any atom is -0.311 e. The molecule has 0 N–H and O–H groups in total. The molecule has 7 heteroatoms. The molecule has 0 fully saturated rings. The van der Waals surface area contributed by atoms with Crippen molar-refractivity contribution in [3.63, 3.8) is 0 Å². The summed E-state index contributed by atoms with van der Waals surface area (Å²) in [7, 11) is 0. The first-order valence-electron chi connectivity index (χ1n) is 8.92. The van der Waals surface area contributed by atoms with E-state index in [9.17, 15) is 9.18 Å². The van der Waals surface area contributed by atoms with Crippen LogP contribution in [0.4, 0.5) is 10.1 Å². The highest BCUT2D eigenvalue weighted by atomic mass is 19.1. The molecule has 1 aromatic heterocycles. The van der Waals surface area contributed by atoms with Crippen molar-refractivity contribution in [2.45, 2.75) is 33.2 Å². The fourth-order valence-electron chi connectivity index (χ4n) is 2.77. The third-order valence-electron chi connectivity index (χ3n) is 4.32. The molecule has 0 saturated carbocycles. The van der Waals surface area contributed by atoms with Crippen LogP contribution in [0.2, 0.25) is 0 Å². The average molecular weight is 367 g/mol. The van der Waals surface area contributed by atoms with Gasteiger partial charge in [0, 0.05) is 17.8 Å². The van der Waals surface area contributed by atoms with E-state index in [2.05, 4.69) is 29.3 Å². The van der Waals surface area contributed by atoms with E-state index in [4.69, 9.17) is 0 Å². The van der Waals surface area contributed by atoms with E-state index in [0.717, 1.165) is 5.56 Å². The van der Waals surface area contributed by atoms with Gasteiger partial charge in [-0.25, -0.2) is 4.39 Å². The van der Waals surface area contributed by atoms with Crippen LogP contribution in [0.5, 0.6) is 0 Å². The Labute approximate surface area is 157 Å². The minimum atomic E-state index is -0.340. The Hall–Kier alpha value is -3.09. The zero-order chi connectivity index (χ0) is 19.4. The molecule has 0 bridgehead atoms. The van der Waals surface area contributed by atoms with E-state index in [1.165, 1.54) is 22.5 Å². The number of anilines is 1. The summed E-state index contributed by atoms with van der Waals surface area (Å²) in [6, 6.07) is 13.8. The van der Waals surface area contributed by atoms with Crippen molar-refractivity contribution in [1.29, 1.82) is 0 Å². The van der Waals surface area contributed by atoms with Crippen LogP contribution in [0, 0.1) is 5.82 Å². The molecular weight excluding hydrogens is 345 g/mol. The summed E-state index contributed by atoms with van der Waals surface area (Å²) in [5.41, 5.74) is 2.72. The van der Waals surface area contributed by atoms with Crippen molar-refractivity contribution in [1.82, 2.24) is 20.2 Å². The number of carbonyl (C=O) groups is 1. The van der Waals surface area contributed by atoms with E-state index in [-0.39, 0.29) is 18.3 Å². The van der Waals surface area contributed by atoms with Crippen LogP contribution in [-0.4, -0.2) is 32.7 Å². The SMILES string of the molecule is CCN(C(=O)Cn1nnc(-c2ccc(C(C)C)cc2)n1)c1ccc(F)cc1. The molecular formula is C20H22FN5O. The first kappa shape index (κ1) is 18.7. The van der Waals surface area contributed by atoms with Crippen LogP contribution in [0.1, 0.15) is 32.3 Å². The number of amides is 1. The number of likely N-dealkylation sites (N-methyl/N-ethyl adjacent to an activating group) is 1. The van der Waals surface area contributed by atoms with Crippen LogP contribution < -0.4 is 4.90 Å². The maximum absolute atomic E-state index is 13.1. The van der Waals surface area contributed by atoms with Gasteiger partial charge in [0.25, 0.3) is 5.91 Å². The molecule has 27 heavy (non-hydrogen) atoms. The molecule has 140 valence electrons. The van der Waals surface area contributed by atoms with Crippen molar-refractivity contribution >= 4 is 11.6 Å². The zero-order valence-electron chi connectivity index (χ0n) is 15.6. The molecule has 0 atom stereocenters. The summed E-state index contributed by atoms with van der Waals surface area (Å²) >= 11 is 0. The molecule has 6 nitrogen and oxygen atoms in total. The lowest BCUT2D eigenvalue weighted by molar-refractivity contribution is -0.119. The van der Waals surface area contributed by atoms with Gasteiger partial charge < -0.3 is 4.90 Å². The lowest BCUT2D eigenvalue weighted by atomic mass is 10.0. The van der Waals surface area contributed by atoms with Gasteiger partial charge in [-0.3, -0.25) is 4.79 Å². The molecule has 0 spiro atoms. The van der Waals surface area contributed by atoms with Crippen LogP contribution in [0.25, 0.3) is 11.4 Å². The van der Waals surface area contributed by atoms with E-state index in [1.807, 2.05) is 31.2 Å². The van der Waals surface area contributed by atoms with Crippen LogP contribution in [0.3, 0.4) is 0 Å². The van der Waals surface area contributed by atoms with Crippen molar-refractivity contribution in [2.75, 3.05) is 11.4 Å². The molecule has 0 aliphatic heterocycles. The van der Waals surface area contributed by atoms with E-state index >= 15 is 0 Å². The molecule has 0 unspecified atom stereocenters. The first-order chi connectivity index (χ1) is 13.0. The third kappa shape index (κ3) is 4.36. The first-order valence-corrected chi connectivity index (χ1v) is 8.92. The highest BCUT2D eigenvalue weighted by molar-refractivity contribution is 5.92. The van der Waals surface area contributed by atoms with Crippen LogP contribution >= 0.6 is 0 Å². The lowest BCUT2D eigenvalue weighted by Crippen LogP contribution is -2.34. The predicted octanol–water partition coefficient (Wildman–Crippen LogP) is 3.66. The van der Waals surface area contributed by atoms with Crippen LogP contribution in [-0.2, 0) is 11.3 Å². The molecule has 2 aromatic carbocycles. The van der Waals surface area contributed by atoms with E-state index < -0.39 is 0 Å². The number of tetrazole rings is 1. The second kappa shape index (κ2) is 8.07. The Bertz CT molecular complexity index is 903. The Balaban J connectivity index is 1.72. The largest absolute Gasteiger partial charge is 0.311 e. The molecule has 3 rings (SSSR count). The van der Waals surface area contributed by atoms with Gasteiger partial charge in [-0.1, -0.05) is 38.1 Å². The van der Waals surface area contributed by atoms with Gasteiger partial charge in [-0.05, 0) is 47.9 Å². The topological polar surface area (TPSA) is 63.9 Å².